The number of nitrogens with zero attached hydrogens (tertiary/aromatic N) is 1. The highest BCUT2D eigenvalue weighted by atomic mass is 32.1. The number of carbonyl (C=O) groups excluding carboxylic acids is 3. The summed E-state index contributed by atoms with van der Waals surface area (Å²) < 4.78 is 0. The molecule has 3 aromatic rings. The Hall–Kier alpha value is -3.52. The number of hydrogen-bond donors (Lipinski definition) is 3. The molecule has 0 aliphatic rings. The van der Waals surface area contributed by atoms with Crippen LogP contribution in [0.5, 0.6) is 0 Å². The average molecular weight is 451 g/mol. The fraction of sp³-hybridized carbons (Fsp3) is 0.250. The highest BCUT2D eigenvalue weighted by Gasteiger charge is 2.14. The van der Waals surface area contributed by atoms with E-state index < -0.39 is 0 Å². The molecule has 0 aliphatic heterocycles. The molecular weight excluding hydrogens is 424 g/mol. The van der Waals surface area contributed by atoms with Crippen LogP contribution in [0.4, 0.5) is 10.8 Å². The van der Waals surface area contributed by atoms with Crippen molar-refractivity contribution in [1.29, 1.82) is 0 Å². The third kappa shape index (κ3) is 6.49. The van der Waals surface area contributed by atoms with E-state index in [1.807, 2.05) is 12.1 Å². The summed E-state index contributed by atoms with van der Waals surface area (Å²) in [6.45, 7) is 6.57. The lowest BCUT2D eigenvalue weighted by Gasteiger charge is -2.19. The monoisotopic (exact) mass is 450 g/mol. The zero-order valence-electron chi connectivity index (χ0n) is 18.3. The lowest BCUT2D eigenvalue weighted by atomic mass is 9.87. The molecule has 0 unspecified atom stereocenters. The maximum atomic E-state index is 12.3. The molecule has 166 valence electrons. The van der Waals surface area contributed by atoms with Gasteiger partial charge in [0, 0.05) is 41.4 Å². The quantitative estimate of drug-likeness (QED) is 0.495. The minimum Gasteiger partial charge on any atom is -0.352 e. The van der Waals surface area contributed by atoms with Crippen LogP contribution in [-0.2, 0) is 10.2 Å². The van der Waals surface area contributed by atoms with E-state index in [2.05, 4.69) is 41.7 Å². The average Bonchev–Trinajstić information content (AvgIpc) is 3.26. The lowest BCUT2D eigenvalue weighted by molar-refractivity contribution is -0.116. The number of anilines is 2. The van der Waals surface area contributed by atoms with Crippen molar-refractivity contribution in [3.63, 3.8) is 0 Å². The van der Waals surface area contributed by atoms with Gasteiger partial charge < -0.3 is 10.6 Å². The predicted molar refractivity (Wildman–Crippen MR) is 127 cm³/mol. The van der Waals surface area contributed by atoms with Gasteiger partial charge in [-0.05, 0) is 47.4 Å². The molecule has 0 bridgehead atoms. The van der Waals surface area contributed by atoms with Crippen LogP contribution in [0.3, 0.4) is 0 Å². The van der Waals surface area contributed by atoms with Crippen LogP contribution in [-0.4, -0.2) is 29.3 Å². The smallest absolute Gasteiger partial charge is 0.257 e. The Balaban J connectivity index is 1.43. The van der Waals surface area contributed by atoms with Crippen molar-refractivity contribution < 1.29 is 14.4 Å². The molecule has 0 fully saturated rings. The molecule has 0 saturated heterocycles. The van der Waals surface area contributed by atoms with Crippen molar-refractivity contribution in [1.82, 2.24) is 10.3 Å². The molecule has 1 heterocycles. The summed E-state index contributed by atoms with van der Waals surface area (Å²) in [6.07, 6.45) is 1.75. The largest absolute Gasteiger partial charge is 0.352 e. The van der Waals surface area contributed by atoms with Gasteiger partial charge in [0.2, 0.25) is 5.91 Å². The summed E-state index contributed by atoms with van der Waals surface area (Å²) in [7, 11) is 0. The molecule has 8 heteroatoms. The van der Waals surface area contributed by atoms with Crippen LogP contribution in [0, 0.1) is 0 Å². The molecule has 2 aromatic carbocycles. The second-order valence-corrected chi connectivity index (χ2v) is 9.14. The van der Waals surface area contributed by atoms with Gasteiger partial charge in [-0.15, -0.1) is 11.3 Å². The first-order chi connectivity index (χ1) is 15.2. The van der Waals surface area contributed by atoms with Gasteiger partial charge in [0.25, 0.3) is 11.8 Å². The predicted octanol–water partition coefficient (Wildman–Crippen LogP) is 4.45. The van der Waals surface area contributed by atoms with Crippen molar-refractivity contribution in [3.8, 4) is 0 Å². The summed E-state index contributed by atoms with van der Waals surface area (Å²) >= 11 is 1.34. The highest BCUT2D eigenvalue weighted by molar-refractivity contribution is 7.13. The second kappa shape index (κ2) is 10.2. The molecule has 0 aliphatic carbocycles. The van der Waals surface area contributed by atoms with Crippen LogP contribution in [0.15, 0.2) is 60.1 Å². The number of aromatic nitrogens is 1. The van der Waals surface area contributed by atoms with Crippen molar-refractivity contribution in [3.05, 3.63) is 76.8 Å². The van der Waals surface area contributed by atoms with Crippen LogP contribution in [0.2, 0.25) is 0 Å². The fourth-order valence-corrected chi connectivity index (χ4v) is 3.42. The fourth-order valence-electron chi connectivity index (χ4n) is 2.90. The van der Waals surface area contributed by atoms with Gasteiger partial charge in [0.05, 0.1) is 0 Å². The third-order valence-electron chi connectivity index (χ3n) is 4.73. The van der Waals surface area contributed by atoms with E-state index in [1.165, 1.54) is 11.3 Å². The van der Waals surface area contributed by atoms with Crippen LogP contribution in [0.25, 0.3) is 0 Å². The van der Waals surface area contributed by atoms with Crippen molar-refractivity contribution in [2.75, 3.05) is 17.2 Å². The molecule has 3 amide bonds. The second-order valence-electron chi connectivity index (χ2n) is 8.25. The number of hydrogen-bond acceptors (Lipinski definition) is 5. The summed E-state index contributed by atoms with van der Waals surface area (Å²) in [5, 5.41) is 10.5. The molecule has 32 heavy (non-hydrogen) atoms. The number of carbonyl (C=O) groups is 3. The SMILES string of the molecule is CC(C)(C)c1ccc(C(=O)NCCC(=O)Nc2ccc(C(=O)Nc3nccs3)cc2)cc1. The topological polar surface area (TPSA) is 100 Å². The van der Waals surface area contributed by atoms with Gasteiger partial charge in [-0.1, -0.05) is 32.9 Å². The van der Waals surface area contributed by atoms with Crippen molar-refractivity contribution in [2.24, 2.45) is 0 Å². The maximum absolute atomic E-state index is 12.3. The summed E-state index contributed by atoms with van der Waals surface area (Å²) in [6, 6.07) is 14.0. The number of benzene rings is 2. The van der Waals surface area contributed by atoms with E-state index in [4.69, 9.17) is 0 Å². The Kier molecular flexibility index (Phi) is 7.37. The standard InChI is InChI=1S/C24H26N4O3S/c1-24(2,3)18-8-4-16(5-9-18)21(30)25-13-12-20(29)27-19-10-6-17(7-11-19)22(31)28-23-26-14-15-32-23/h4-11,14-15H,12-13H2,1-3H3,(H,25,30)(H,27,29)(H,26,28,31). The van der Waals surface area contributed by atoms with Gasteiger partial charge >= 0.3 is 0 Å². The molecule has 0 atom stereocenters. The minimum absolute atomic E-state index is 0.0242. The molecule has 3 N–H and O–H groups in total. The van der Waals surface area contributed by atoms with Gasteiger partial charge in [-0.2, -0.15) is 0 Å². The first-order valence-corrected chi connectivity index (χ1v) is 11.1. The zero-order chi connectivity index (χ0) is 23.1. The molecule has 1 aromatic heterocycles. The van der Waals surface area contributed by atoms with E-state index in [-0.39, 0.29) is 36.1 Å². The Morgan fingerprint density at radius 1 is 0.875 bits per heavy atom. The minimum atomic E-state index is -0.268. The molecule has 0 spiro atoms. The summed E-state index contributed by atoms with van der Waals surface area (Å²) in [4.78, 5) is 40.6. The van der Waals surface area contributed by atoms with Gasteiger partial charge in [0.1, 0.15) is 0 Å². The first-order valence-electron chi connectivity index (χ1n) is 10.2. The van der Waals surface area contributed by atoms with E-state index in [0.717, 1.165) is 5.56 Å². The van der Waals surface area contributed by atoms with Gasteiger partial charge in [-0.3, -0.25) is 19.7 Å². The van der Waals surface area contributed by atoms with E-state index >= 15 is 0 Å². The summed E-state index contributed by atoms with van der Waals surface area (Å²) in [5.41, 5.74) is 2.77. The number of nitrogens with one attached hydrogen (secondary N) is 3. The van der Waals surface area contributed by atoms with E-state index in [0.29, 0.717) is 21.9 Å². The molecule has 3 rings (SSSR count). The van der Waals surface area contributed by atoms with Crippen LogP contribution >= 0.6 is 11.3 Å². The lowest BCUT2D eigenvalue weighted by Crippen LogP contribution is -2.27. The maximum Gasteiger partial charge on any atom is 0.257 e. The van der Waals surface area contributed by atoms with Gasteiger partial charge in [-0.25, -0.2) is 4.98 Å². The van der Waals surface area contributed by atoms with Crippen LogP contribution in [0.1, 0.15) is 53.5 Å². The van der Waals surface area contributed by atoms with E-state index in [9.17, 15) is 14.4 Å². The Labute approximate surface area is 191 Å². The number of thiazole rings is 1. The Bertz CT molecular complexity index is 1070. The molecule has 0 radical (unpaired) electrons. The zero-order valence-corrected chi connectivity index (χ0v) is 19.1. The number of amides is 3. The van der Waals surface area contributed by atoms with Gasteiger partial charge in [0.15, 0.2) is 5.13 Å². The summed E-state index contributed by atoms with van der Waals surface area (Å²) in [5.74, 6) is -0.710. The Morgan fingerprint density at radius 3 is 2.09 bits per heavy atom. The van der Waals surface area contributed by atoms with Crippen LogP contribution < -0.4 is 16.0 Å². The number of rotatable bonds is 7. The molecule has 0 saturated carbocycles. The third-order valence-corrected chi connectivity index (χ3v) is 5.42. The van der Waals surface area contributed by atoms with Crippen molar-refractivity contribution >= 4 is 39.9 Å². The van der Waals surface area contributed by atoms with E-state index in [1.54, 1.807) is 48.0 Å². The Morgan fingerprint density at radius 2 is 1.50 bits per heavy atom. The molecule has 7 nitrogen and oxygen atoms in total. The highest BCUT2D eigenvalue weighted by Crippen LogP contribution is 2.22. The van der Waals surface area contributed by atoms with Crippen molar-refractivity contribution in [2.45, 2.75) is 32.6 Å². The first kappa shape index (κ1) is 23.1. The molecular formula is C24H26N4O3S. The normalized spacial score (nSPS) is 11.0.